The fourth-order valence-electron chi connectivity index (χ4n) is 3.87. The molecule has 0 bridgehead atoms. The number of amides is 2. The standard InChI is InChI=1S/C22H24ClN5O2/c1-14-7-9-16(12-18(14)23)24-21(29)13-27(2)22(30)15-8-10-20-19(11-15)25-26-28(20)17-5-3-4-6-17/h7-12,17H,3-6,13H2,1-2H3,(H,24,29). The highest BCUT2D eigenvalue weighted by Crippen LogP contribution is 2.31. The van der Waals surface area contributed by atoms with Crippen LogP contribution >= 0.6 is 11.6 Å². The number of aryl methyl sites for hydroxylation is 1. The van der Waals surface area contributed by atoms with Crippen LogP contribution in [-0.2, 0) is 4.79 Å². The van der Waals surface area contributed by atoms with E-state index in [0.717, 1.165) is 23.9 Å². The van der Waals surface area contributed by atoms with Crippen molar-refractivity contribution in [1.29, 1.82) is 0 Å². The van der Waals surface area contributed by atoms with Crippen molar-refractivity contribution in [3.8, 4) is 0 Å². The number of likely N-dealkylation sites (N-methyl/N-ethyl adjacent to an activating group) is 1. The van der Waals surface area contributed by atoms with Crippen molar-refractivity contribution in [3.05, 3.63) is 52.5 Å². The third-order valence-electron chi connectivity index (χ3n) is 5.57. The molecule has 7 nitrogen and oxygen atoms in total. The second-order valence-electron chi connectivity index (χ2n) is 7.85. The van der Waals surface area contributed by atoms with Crippen molar-refractivity contribution in [3.63, 3.8) is 0 Å². The van der Waals surface area contributed by atoms with Crippen LogP contribution in [0.1, 0.15) is 47.6 Å². The Morgan fingerprint density at radius 1 is 1.20 bits per heavy atom. The Morgan fingerprint density at radius 3 is 2.70 bits per heavy atom. The van der Waals surface area contributed by atoms with Gasteiger partial charge >= 0.3 is 0 Å². The number of carbonyl (C=O) groups is 2. The number of benzene rings is 2. The molecule has 1 heterocycles. The summed E-state index contributed by atoms with van der Waals surface area (Å²) in [5, 5.41) is 11.9. The number of anilines is 1. The lowest BCUT2D eigenvalue weighted by atomic mass is 10.1. The van der Waals surface area contributed by atoms with Crippen LogP contribution in [0.3, 0.4) is 0 Å². The fraction of sp³-hybridized carbons (Fsp3) is 0.364. The highest BCUT2D eigenvalue weighted by molar-refractivity contribution is 6.31. The number of halogens is 1. The molecule has 156 valence electrons. The van der Waals surface area contributed by atoms with Gasteiger partial charge < -0.3 is 10.2 Å². The molecule has 8 heteroatoms. The van der Waals surface area contributed by atoms with Gasteiger partial charge in [0.05, 0.1) is 18.1 Å². The van der Waals surface area contributed by atoms with Crippen molar-refractivity contribution in [1.82, 2.24) is 19.9 Å². The zero-order chi connectivity index (χ0) is 21.3. The van der Waals surface area contributed by atoms with Gasteiger partial charge in [0.2, 0.25) is 5.91 Å². The molecular weight excluding hydrogens is 402 g/mol. The first-order valence-corrected chi connectivity index (χ1v) is 10.5. The van der Waals surface area contributed by atoms with E-state index in [1.807, 2.05) is 23.7 Å². The van der Waals surface area contributed by atoms with Crippen LogP contribution in [0.15, 0.2) is 36.4 Å². The third-order valence-corrected chi connectivity index (χ3v) is 5.98. The summed E-state index contributed by atoms with van der Waals surface area (Å²) in [4.78, 5) is 26.5. The summed E-state index contributed by atoms with van der Waals surface area (Å²) in [6, 6.07) is 11.1. The molecule has 2 amide bonds. The third kappa shape index (κ3) is 4.16. The fourth-order valence-corrected chi connectivity index (χ4v) is 4.05. The van der Waals surface area contributed by atoms with Crippen LogP contribution < -0.4 is 5.32 Å². The predicted octanol–water partition coefficient (Wildman–Crippen LogP) is 4.22. The Labute approximate surface area is 180 Å². The zero-order valence-corrected chi connectivity index (χ0v) is 17.8. The van der Waals surface area contributed by atoms with Gasteiger partial charge in [-0.2, -0.15) is 0 Å². The van der Waals surface area contributed by atoms with Crippen molar-refractivity contribution in [2.45, 2.75) is 38.6 Å². The molecule has 0 spiro atoms. The number of nitrogens with zero attached hydrogens (tertiary/aromatic N) is 4. The molecule has 0 saturated heterocycles. The van der Waals surface area contributed by atoms with Crippen LogP contribution in [0.2, 0.25) is 5.02 Å². The number of hydrogen-bond donors (Lipinski definition) is 1. The van der Waals surface area contributed by atoms with Crippen LogP contribution in [0.4, 0.5) is 5.69 Å². The lowest BCUT2D eigenvalue weighted by Crippen LogP contribution is -2.34. The van der Waals surface area contributed by atoms with Crippen LogP contribution in [-0.4, -0.2) is 45.3 Å². The summed E-state index contributed by atoms with van der Waals surface area (Å²) in [5.74, 6) is -0.538. The molecule has 0 aliphatic heterocycles. The molecule has 1 aliphatic carbocycles. The van der Waals surface area contributed by atoms with Gasteiger partial charge in [-0.05, 0) is 55.7 Å². The summed E-state index contributed by atoms with van der Waals surface area (Å²) in [6.45, 7) is 1.82. The number of fused-ring (bicyclic) bond motifs is 1. The number of hydrogen-bond acceptors (Lipinski definition) is 4. The van der Waals surface area contributed by atoms with Crippen LogP contribution in [0.25, 0.3) is 11.0 Å². The normalized spacial score (nSPS) is 14.2. The summed E-state index contributed by atoms with van der Waals surface area (Å²) in [7, 11) is 1.60. The minimum absolute atomic E-state index is 0.0723. The maximum absolute atomic E-state index is 12.8. The van der Waals surface area contributed by atoms with Crippen molar-refractivity contribution < 1.29 is 9.59 Å². The largest absolute Gasteiger partial charge is 0.332 e. The smallest absolute Gasteiger partial charge is 0.254 e. The Kier molecular flexibility index (Phi) is 5.72. The second-order valence-corrected chi connectivity index (χ2v) is 8.26. The van der Waals surface area contributed by atoms with Crippen molar-refractivity contribution in [2.24, 2.45) is 0 Å². The quantitative estimate of drug-likeness (QED) is 0.663. The molecule has 1 saturated carbocycles. The van der Waals surface area contributed by atoms with Gasteiger partial charge in [-0.25, -0.2) is 4.68 Å². The number of nitrogens with one attached hydrogen (secondary N) is 1. The molecule has 0 radical (unpaired) electrons. The molecule has 2 aromatic carbocycles. The summed E-state index contributed by atoms with van der Waals surface area (Å²) in [5.41, 5.74) is 3.65. The second kappa shape index (κ2) is 8.44. The highest BCUT2D eigenvalue weighted by atomic mass is 35.5. The lowest BCUT2D eigenvalue weighted by Gasteiger charge is -2.17. The van der Waals surface area contributed by atoms with Gasteiger partial charge in [-0.15, -0.1) is 5.10 Å². The number of rotatable bonds is 5. The minimum atomic E-state index is -0.293. The molecule has 1 aliphatic rings. The van der Waals surface area contributed by atoms with Gasteiger partial charge in [-0.1, -0.05) is 35.7 Å². The molecule has 30 heavy (non-hydrogen) atoms. The van der Waals surface area contributed by atoms with E-state index in [1.165, 1.54) is 17.7 Å². The lowest BCUT2D eigenvalue weighted by molar-refractivity contribution is -0.116. The highest BCUT2D eigenvalue weighted by Gasteiger charge is 2.21. The average molecular weight is 426 g/mol. The molecule has 0 atom stereocenters. The van der Waals surface area contributed by atoms with E-state index < -0.39 is 0 Å². The Balaban J connectivity index is 1.43. The van der Waals surface area contributed by atoms with E-state index in [9.17, 15) is 9.59 Å². The minimum Gasteiger partial charge on any atom is -0.332 e. The zero-order valence-electron chi connectivity index (χ0n) is 17.1. The summed E-state index contributed by atoms with van der Waals surface area (Å²) in [6.07, 6.45) is 4.65. The van der Waals surface area contributed by atoms with E-state index in [-0.39, 0.29) is 18.4 Å². The van der Waals surface area contributed by atoms with E-state index >= 15 is 0 Å². The molecular formula is C22H24ClN5O2. The Bertz CT molecular complexity index is 1100. The monoisotopic (exact) mass is 425 g/mol. The SMILES string of the molecule is Cc1ccc(NC(=O)CN(C)C(=O)c2ccc3c(c2)nnn3C2CCCC2)cc1Cl. The molecule has 1 fully saturated rings. The molecule has 1 aromatic heterocycles. The average Bonchev–Trinajstić information content (AvgIpc) is 3.39. The first kappa shape index (κ1) is 20.3. The first-order chi connectivity index (χ1) is 14.4. The molecule has 4 rings (SSSR count). The van der Waals surface area contributed by atoms with Crippen molar-refractivity contribution in [2.75, 3.05) is 18.9 Å². The summed E-state index contributed by atoms with van der Waals surface area (Å²) >= 11 is 6.10. The number of carbonyl (C=O) groups excluding carboxylic acids is 2. The first-order valence-electron chi connectivity index (χ1n) is 10.1. The van der Waals surface area contributed by atoms with Crippen LogP contribution in [0, 0.1) is 6.92 Å². The van der Waals surface area contributed by atoms with E-state index in [0.29, 0.717) is 27.8 Å². The maximum atomic E-state index is 12.8. The summed E-state index contributed by atoms with van der Waals surface area (Å²) < 4.78 is 1.97. The van der Waals surface area contributed by atoms with Gasteiger partial charge in [0, 0.05) is 23.3 Å². The van der Waals surface area contributed by atoms with Gasteiger partial charge in [0.1, 0.15) is 5.52 Å². The van der Waals surface area contributed by atoms with Gasteiger partial charge in [-0.3, -0.25) is 9.59 Å². The predicted molar refractivity (Wildman–Crippen MR) is 117 cm³/mol. The van der Waals surface area contributed by atoms with Crippen LogP contribution in [0.5, 0.6) is 0 Å². The van der Waals surface area contributed by atoms with E-state index in [2.05, 4.69) is 15.6 Å². The number of aromatic nitrogens is 3. The van der Waals surface area contributed by atoms with Crippen molar-refractivity contribution >= 4 is 40.1 Å². The van der Waals surface area contributed by atoms with E-state index in [1.54, 1.807) is 31.3 Å². The maximum Gasteiger partial charge on any atom is 0.254 e. The van der Waals surface area contributed by atoms with E-state index in [4.69, 9.17) is 11.6 Å². The van der Waals surface area contributed by atoms with Gasteiger partial charge in [0.15, 0.2) is 0 Å². The molecule has 0 unspecified atom stereocenters. The molecule has 3 aromatic rings. The Morgan fingerprint density at radius 2 is 1.97 bits per heavy atom. The topological polar surface area (TPSA) is 80.1 Å². The Hall–Kier alpha value is -2.93. The van der Waals surface area contributed by atoms with Gasteiger partial charge in [0.25, 0.3) is 5.91 Å². The molecule has 1 N–H and O–H groups in total.